The molecule has 0 aliphatic rings. The van der Waals surface area contributed by atoms with Gasteiger partial charge in [-0.3, -0.25) is 4.79 Å². The number of carboxylic acids is 1. The number of thiophene rings is 1. The van der Waals surface area contributed by atoms with E-state index in [1.165, 1.54) is 16.2 Å². The maximum absolute atomic E-state index is 11.8. The first-order valence-electron chi connectivity index (χ1n) is 6.45. The van der Waals surface area contributed by atoms with Crippen molar-refractivity contribution >= 4 is 29.2 Å². The zero-order valence-electron chi connectivity index (χ0n) is 12.1. The SMILES string of the molecule is CCN(C)C(=O)C(C)NC(=O)NC(C(=O)O)c1cccs1. The fraction of sp³-hybridized carbons (Fsp3) is 0.462. The molecule has 0 aliphatic carbocycles. The quantitative estimate of drug-likeness (QED) is 0.730. The Morgan fingerprint density at radius 1 is 1.38 bits per heavy atom. The molecular weight excluding hydrogens is 294 g/mol. The van der Waals surface area contributed by atoms with Gasteiger partial charge >= 0.3 is 12.0 Å². The molecule has 1 aromatic rings. The Hall–Kier alpha value is -2.09. The van der Waals surface area contributed by atoms with E-state index < -0.39 is 24.1 Å². The second-order valence-corrected chi connectivity index (χ2v) is 5.46. The van der Waals surface area contributed by atoms with Crippen molar-refractivity contribution in [1.82, 2.24) is 15.5 Å². The van der Waals surface area contributed by atoms with Crippen LogP contribution in [-0.4, -0.2) is 47.5 Å². The van der Waals surface area contributed by atoms with Gasteiger partial charge in [-0.15, -0.1) is 11.3 Å². The number of carboxylic acid groups (broad SMARTS) is 1. The summed E-state index contributed by atoms with van der Waals surface area (Å²) in [5.74, 6) is -1.40. The van der Waals surface area contributed by atoms with Crippen LogP contribution in [0.15, 0.2) is 17.5 Å². The summed E-state index contributed by atoms with van der Waals surface area (Å²) in [4.78, 5) is 36.8. The molecule has 1 aromatic heterocycles. The second-order valence-electron chi connectivity index (χ2n) is 4.48. The lowest BCUT2D eigenvalue weighted by Crippen LogP contribution is -2.50. The van der Waals surface area contributed by atoms with Crippen LogP contribution in [0.4, 0.5) is 4.79 Å². The van der Waals surface area contributed by atoms with E-state index in [1.807, 2.05) is 6.92 Å². The van der Waals surface area contributed by atoms with Crippen molar-refractivity contribution < 1.29 is 19.5 Å². The highest BCUT2D eigenvalue weighted by molar-refractivity contribution is 7.10. The number of carbonyl (C=O) groups is 3. The number of aliphatic carboxylic acids is 1. The first-order valence-corrected chi connectivity index (χ1v) is 7.33. The molecule has 21 heavy (non-hydrogen) atoms. The lowest BCUT2D eigenvalue weighted by atomic mass is 10.2. The summed E-state index contributed by atoms with van der Waals surface area (Å²) < 4.78 is 0. The normalized spacial score (nSPS) is 13.1. The van der Waals surface area contributed by atoms with Crippen molar-refractivity contribution in [3.05, 3.63) is 22.4 Å². The third kappa shape index (κ3) is 4.75. The fourth-order valence-corrected chi connectivity index (χ4v) is 2.39. The van der Waals surface area contributed by atoms with E-state index in [9.17, 15) is 14.4 Å². The van der Waals surface area contributed by atoms with Gasteiger partial charge in [0.2, 0.25) is 5.91 Å². The van der Waals surface area contributed by atoms with Crippen molar-refractivity contribution in [1.29, 1.82) is 0 Å². The predicted octanol–water partition coefficient (Wildman–Crippen LogP) is 1.04. The zero-order chi connectivity index (χ0) is 16.0. The van der Waals surface area contributed by atoms with Crippen molar-refractivity contribution in [3.63, 3.8) is 0 Å². The summed E-state index contributed by atoms with van der Waals surface area (Å²) >= 11 is 1.24. The fourth-order valence-electron chi connectivity index (χ4n) is 1.63. The molecule has 0 saturated carbocycles. The average Bonchev–Trinajstić information content (AvgIpc) is 2.96. The number of amides is 3. The Kier molecular flexibility index (Phi) is 6.16. The van der Waals surface area contributed by atoms with E-state index in [2.05, 4.69) is 10.6 Å². The molecule has 1 heterocycles. The molecule has 0 fully saturated rings. The van der Waals surface area contributed by atoms with E-state index >= 15 is 0 Å². The summed E-state index contributed by atoms with van der Waals surface area (Å²) in [7, 11) is 1.63. The van der Waals surface area contributed by atoms with Crippen LogP contribution in [0.1, 0.15) is 24.8 Å². The van der Waals surface area contributed by atoms with Gasteiger partial charge in [0.1, 0.15) is 6.04 Å². The number of likely N-dealkylation sites (N-methyl/N-ethyl adjacent to an activating group) is 1. The zero-order valence-corrected chi connectivity index (χ0v) is 12.9. The van der Waals surface area contributed by atoms with Gasteiger partial charge in [-0.05, 0) is 25.3 Å². The highest BCUT2D eigenvalue weighted by Crippen LogP contribution is 2.18. The molecule has 0 bridgehead atoms. The summed E-state index contributed by atoms with van der Waals surface area (Å²) in [6.45, 7) is 3.90. The minimum Gasteiger partial charge on any atom is -0.479 e. The Labute approximate surface area is 126 Å². The lowest BCUT2D eigenvalue weighted by molar-refractivity contribution is -0.139. The number of rotatable bonds is 6. The third-order valence-electron chi connectivity index (χ3n) is 2.92. The van der Waals surface area contributed by atoms with Crippen LogP contribution in [0.2, 0.25) is 0 Å². The number of carbonyl (C=O) groups excluding carboxylic acids is 2. The van der Waals surface area contributed by atoms with Crippen molar-refractivity contribution in [2.24, 2.45) is 0 Å². The van der Waals surface area contributed by atoms with Crippen molar-refractivity contribution in [2.45, 2.75) is 25.9 Å². The first-order chi connectivity index (χ1) is 9.86. The minimum absolute atomic E-state index is 0.240. The standard InChI is InChI=1S/C13H19N3O4S/c1-4-16(3)11(17)8(2)14-13(20)15-10(12(18)19)9-6-5-7-21-9/h5-8,10H,4H2,1-3H3,(H,18,19)(H2,14,15,20). The maximum Gasteiger partial charge on any atom is 0.331 e. The molecule has 0 aromatic carbocycles. The number of hydrogen-bond donors (Lipinski definition) is 3. The summed E-state index contributed by atoms with van der Waals surface area (Å²) in [5, 5.41) is 15.7. The van der Waals surface area contributed by atoms with Gasteiger partial charge in [0.15, 0.2) is 6.04 Å². The highest BCUT2D eigenvalue weighted by atomic mass is 32.1. The van der Waals surface area contributed by atoms with Crippen molar-refractivity contribution in [3.8, 4) is 0 Å². The third-order valence-corrected chi connectivity index (χ3v) is 3.86. The lowest BCUT2D eigenvalue weighted by Gasteiger charge is -2.21. The monoisotopic (exact) mass is 313 g/mol. The summed E-state index contributed by atoms with van der Waals surface area (Å²) in [6, 6.07) is 0.784. The molecule has 0 spiro atoms. The molecule has 8 heteroatoms. The van der Waals surface area contributed by atoms with Gasteiger partial charge in [-0.2, -0.15) is 0 Å². The number of hydrogen-bond acceptors (Lipinski definition) is 4. The molecule has 7 nitrogen and oxygen atoms in total. The highest BCUT2D eigenvalue weighted by Gasteiger charge is 2.25. The predicted molar refractivity (Wildman–Crippen MR) is 79.1 cm³/mol. The topological polar surface area (TPSA) is 98.7 Å². The Balaban J connectivity index is 2.63. The molecule has 0 saturated heterocycles. The van der Waals surface area contributed by atoms with Gasteiger partial charge in [-0.1, -0.05) is 6.07 Å². The van der Waals surface area contributed by atoms with Crippen LogP contribution in [0.5, 0.6) is 0 Å². The molecular formula is C13H19N3O4S. The van der Waals surface area contributed by atoms with E-state index in [1.54, 1.807) is 31.5 Å². The first kappa shape index (κ1) is 17.0. The Morgan fingerprint density at radius 3 is 2.52 bits per heavy atom. The van der Waals surface area contributed by atoms with Crippen LogP contribution < -0.4 is 10.6 Å². The van der Waals surface area contributed by atoms with Crippen molar-refractivity contribution in [2.75, 3.05) is 13.6 Å². The van der Waals surface area contributed by atoms with Crippen LogP contribution in [-0.2, 0) is 9.59 Å². The van der Waals surface area contributed by atoms with E-state index in [0.29, 0.717) is 11.4 Å². The largest absolute Gasteiger partial charge is 0.479 e. The molecule has 1 rings (SSSR count). The molecule has 0 radical (unpaired) electrons. The number of nitrogens with zero attached hydrogens (tertiary/aromatic N) is 1. The second kappa shape index (κ2) is 7.63. The smallest absolute Gasteiger partial charge is 0.331 e. The Bertz CT molecular complexity index is 504. The average molecular weight is 313 g/mol. The summed E-state index contributed by atoms with van der Waals surface area (Å²) in [5.41, 5.74) is 0. The number of urea groups is 1. The van der Waals surface area contributed by atoms with Crippen LogP contribution in [0.3, 0.4) is 0 Å². The van der Waals surface area contributed by atoms with Gasteiger partial charge in [0, 0.05) is 18.5 Å². The summed E-state index contributed by atoms with van der Waals surface area (Å²) in [6.07, 6.45) is 0. The van der Waals surface area contributed by atoms with Gasteiger partial charge in [-0.25, -0.2) is 9.59 Å². The minimum atomic E-state index is -1.16. The van der Waals surface area contributed by atoms with Gasteiger partial charge < -0.3 is 20.6 Å². The maximum atomic E-state index is 11.8. The van der Waals surface area contributed by atoms with E-state index in [4.69, 9.17) is 5.11 Å². The molecule has 2 atom stereocenters. The molecule has 3 amide bonds. The van der Waals surface area contributed by atoms with Crippen LogP contribution >= 0.6 is 11.3 Å². The van der Waals surface area contributed by atoms with Gasteiger partial charge in [0.05, 0.1) is 0 Å². The van der Waals surface area contributed by atoms with Gasteiger partial charge in [0.25, 0.3) is 0 Å². The molecule has 0 aliphatic heterocycles. The molecule has 116 valence electrons. The van der Waals surface area contributed by atoms with E-state index in [-0.39, 0.29) is 5.91 Å². The number of nitrogens with one attached hydrogen (secondary N) is 2. The Morgan fingerprint density at radius 2 is 2.05 bits per heavy atom. The van der Waals surface area contributed by atoms with Crippen LogP contribution in [0, 0.1) is 0 Å². The molecule has 3 N–H and O–H groups in total. The van der Waals surface area contributed by atoms with Crippen LogP contribution in [0.25, 0.3) is 0 Å². The molecule has 2 unspecified atom stereocenters. The van der Waals surface area contributed by atoms with E-state index in [0.717, 1.165) is 0 Å².